The van der Waals surface area contributed by atoms with Gasteiger partial charge in [0.05, 0.1) is 22.0 Å². The Morgan fingerprint density at radius 3 is 2.79 bits per heavy atom. The molecule has 1 atom stereocenters. The molecule has 2 aromatic carbocycles. The summed E-state index contributed by atoms with van der Waals surface area (Å²) in [5.41, 5.74) is 1.25. The molecule has 0 saturated carbocycles. The summed E-state index contributed by atoms with van der Waals surface area (Å²) in [5.74, 6) is 0.00693. The van der Waals surface area contributed by atoms with Crippen LogP contribution in [0.3, 0.4) is 0 Å². The van der Waals surface area contributed by atoms with Crippen LogP contribution in [0, 0.1) is 10.1 Å². The normalized spacial score (nSPS) is 12.1. The van der Waals surface area contributed by atoms with Crippen LogP contribution in [0.1, 0.15) is 29.1 Å². The summed E-state index contributed by atoms with van der Waals surface area (Å²) in [6, 6.07) is 11.0. The van der Waals surface area contributed by atoms with Crippen molar-refractivity contribution >= 4 is 34.2 Å². The van der Waals surface area contributed by atoms with E-state index in [9.17, 15) is 14.9 Å². The molecule has 2 N–H and O–H groups in total. The van der Waals surface area contributed by atoms with Gasteiger partial charge in [0.15, 0.2) is 0 Å². The number of halogens is 1. The van der Waals surface area contributed by atoms with Crippen LogP contribution in [0.4, 0.5) is 5.69 Å². The average Bonchev–Trinajstić information content (AvgIpc) is 2.98. The van der Waals surface area contributed by atoms with Crippen molar-refractivity contribution in [3.63, 3.8) is 0 Å². The van der Waals surface area contributed by atoms with E-state index >= 15 is 0 Å². The number of carbonyl (C=O) groups is 1. The van der Waals surface area contributed by atoms with Crippen LogP contribution in [-0.4, -0.2) is 20.8 Å². The maximum Gasteiger partial charge on any atom is 0.283 e. The second-order valence-electron chi connectivity index (χ2n) is 5.25. The number of benzene rings is 2. The number of aromatic amines is 1. The van der Waals surface area contributed by atoms with Gasteiger partial charge in [-0.3, -0.25) is 14.9 Å². The number of H-pyrrole nitrogens is 1. The van der Waals surface area contributed by atoms with E-state index in [-0.39, 0.29) is 16.3 Å². The molecule has 0 bridgehead atoms. The third kappa shape index (κ3) is 3.07. The number of hydrogen-bond acceptors (Lipinski definition) is 4. The summed E-state index contributed by atoms with van der Waals surface area (Å²) in [6.45, 7) is 1.75. The number of nitro groups is 1. The van der Waals surface area contributed by atoms with Crippen molar-refractivity contribution in [1.29, 1.82) is 0 Å². The zero-order valence-electron chi connectivity index (χ0n) is 12.6. The highest BCUT2D eigenvalue weighted by molar-refractivity contribution is 6.31. The quantitative estimate of drug-likeness (QED) is 0.557. The Kier molecular flexibility index (Phi) is 4.18. The van der Waals surface area contributed by atoms with Gasteiger partial charge in [0.2, 0.25) is 0 Å². The first-order valence-corrected chi connectivity index (χ1v) is 7.53. The molecule has 0 unspecified atom stereocenters. The first kappa shape index (κ1) is 15.9. The minimum absolute atomic E-state index is 0.0487. The lowest BCUT2D eigenvalue weighted by atomic mass is 10.1. The van der Waals surface area contributed by atoms with Gasteiger partial charge in [-0.15, -0.1) is 0 Å². The van der Waals surface area contributed by atoms with Gasteiger partial charge >= 0.3 is 0 Å². The van der Waals surface area contributed by atoms with Crippen LogP contribution in [0.5, 0.6) is 0 Å². The molecule has 0 radical (unpaired) electrons. The lowest BCUT2D eigenvalue weighted by molar-refractivity contribution is -0.385. The first-order valence-electron chi connectivity index (χ1n) is 7.15. The number of carbonyl (C=O) groups excluding carboxylic acids is 1. The number of hydrogen-bond donors (Lipinski definition) is 2. The Labute approximate surface area is 141 Å². The van der Waals surface area contributed by atoms with Gasteiger partial charge in [-0.05, 0) is 31.2 Å². The fourth-order valence-electron chi connectivity index (χ4n) is 2.37. The number of aromatic nitrogens is 2. The molecule has 7 nitrogen and oxygen atoms in total. The Morgan fingerprint density at radius 1 is 1.33 bits per heavy atom. The molecule has 1 heterocycles. The van der Waals surface area contributed by atoms with Crippen molar-refractivity contribution < 1.29 is 9.72 Å². The second kappa shape index (κ2) is 6.29. The van der Waals surface area contributed by atoms with E-state index in [0.29, 0.717) is 5.82 Å². The van der Waals surface area contributed by atoms with Crippen molar-refractivity contribution in [2.75, 3.05) is 0 Å². The van der Waals surface area contributed by atoms with Crippen molar-refractivity contribution in [2.24, 2.45) is 0 Å². The molecule has 0 saturated heterocycles. The van der Waals surface area contributed by atoms with Crippen molar-refractivity contribution in [1.82, 2.24) is 15.3 Å². The van der Waals surface area contributed by atoms with Crippen LogP contribution in [-0.2, 0) is 0 Å². The van der Waals surface area contributed by atoms with Gasteiger partial charge in [0.25, 0.3) is 11.6 Å². The molecule has 24 heavy (non-hydrogen) atoms. The number of rotatable bonds is 4. The molecule has 1 aromatic heterocycles. The summed E-state index contributed by atoms with van der Waals surface area (Å²) in [6.07, 6.45) is 0. The van der Waals surface area contributed by atoms with Crippen molar-refractivity contribution in [3.8, 4) is 0 Å². The number of nitrogens with zero attached hydrogens (tertiary/aromatic N) is 2. The molecule has 0 aliphatic carbocycles. The molecule has 8 heteroatoms. The highest BCUT2D eigenvalue weighted by Crippen LogP contribution is 2.24. The number of para-hydroxylation sites is 2. The minimum Gasteiger partial charge on any atom is -0.342 e. The van der Waals surface area contributed by atoms with Crippen LogP contribution < -0.4 is 5.32 Å². The molecular weight excluding hydrogens is 332 g/mol. The third-order valence-corrected chi connectivity index (χ3v) is 3.80. The van der Waals surface area contributed by atoms with E-state index in [0.717, 1.165) is 17.1 Å². The van der Waals surface area contributed by atoms with Gasteiger partial charge in [-0.2, -0.15) is 0 Å². The topological polar surface area (TPSA) is 101 Å². The molecule has 3 aromatic rings. The highest BCUT2D eigenvalue weighted by atomic mass is 35.5. The first-order chi connectivity index (χ1) is 11.5. The van der Waals surface area contributed by atoms with Gasteiger partial charge in [-0.1, -0.05) is 23.7 Å². The van der Waals surface area contributed by atoms with E-state index < -0.39 is 16.9 Å². The minimum atomic E-state index is -0.632. The van der Waals surface area contributed by atoms with Crippen molar-refractivity contribution in [2.45, 2.75) is 13.0 Å². The fraction of sp³-hybridized carbons (Fsp3) is 0.125. The molecular formula is C16H13ClN4O3. The van der Waals surface area contributed by atoms with E-state index in [4.69, 9.17) is 11.6 Å². The Bertz CT molecular complexity index is 905. The third-order valence-electron chi connectivity index (χ3n) is 3.57. The number of fused-ring (bicyclic) bond motifs is 1. The van der Waals surface area contributed by atoms with Gasteiger partial charge in [-0.25, -0.2) is 4.98 Å². The number of nitro benzene ring substituents is 1. The van der Waals surface area contributed by atoms with Crippen LogP contribution in [0.15, 0.2) is 42.5 Å². The highest BCUT2D eigenvalue weighted by Gasteiger charge is 2.23. The molecule has 122 valence electrons. The molecule has 0 aliphatic heterocycles. The van der Waals surface area contributed by atoms with Crippen LogP contribution in [0.2, 0.25) is 5.02 Å². The predicted molar refractivity (Wildman–Crippen MR) is 90.1 cm³/mol. The SMILES string of the molecule is C[C@H](NC(=O)c1ccc(Cl)cc1[N+](=O)[O-])c1nc2ccccc2[nH]1. The van der Waals surface area contributed by atoms with Gasteiger partial charge in [0.1, 0.15) is 11.4 Å². The van der Waals surface area contributed by atoms with Crippen LogP contribution in [0.25, 0.3) is 11.0 Å². The maximum atomic E-state index is 12.4. The smallest absolute Gasteiger partial charge is 0.283 e. The van der Waals surface area contributed by atoms with E-state index in [1.165, 1.54) is 12.1 Å². The monoisotopic (exact) mass is 344 g/mol. The lowest BCUT2D eigenvalue weighted by Crippen LogP contribution is -2.28. The summed E-state index contributed by atoms with van der Waals surface area (Å²) in [4.78, 5) is 30.4. The average molecular weight is 345 g/mol. The zero-order valence-corrected chi connectivity index (χ0v) is 13.4. The molecule has 3 rings (SSSR count). The number of nitrogens with one attached hydrogen (secondary N) is 2. The Hall–Kier alpha value is -2.93. The molecule has 0 aliphatic rings. The largest absolute Gasteiger partial charge is 0.342 e. The lowest BCUT2D eigenvalue weighted by Gasteiger charge is -2.11. The molecule has 0 fully saturated rings. The van der Waals surface area contributed by atoms with Gasteiger partial charge in [0, 0.05) is 11.1 Å². The molecule has 0 spiro atoms. The molecule has 1 amide bonds. The summed E-state index contributed by atoms with van der Waals surface area (Å²) >= 11 is 5.76. The van der Waals surface area contributed by atoms with Gasteiger partial charge < -0.3 is 10.3 Å². The van der Waals surface area contributed by atoms with Crippen molar-refractivity contribution in [3.05, 3.63) is 69.0 Å². The standard InChI is InChI=1S/C16H13ClN4O3/c1-9(15-19-12-4-2-3-5-13(12)20-15)18-16(22)11-7-6-10(17)8-14(11)21(23)24/h2-9H,1H3,(H,18,22)(H,19,20)/t9-/m0/s1. The Balaban J connectivity index is 1.85. The second-order valence-corrected chi connectivity index (χ2v) is 5.69. The zero-order chi connectivity index (χ0) is 17.3. The Morgan fingerprint density at radius 2 is 2.08 bits per heavy atom. The van der Waals surface area contributed by atoms with Crippen LogP contribution >= 0.6 is 11.6 Å². The number of amides is 1. The summed E-state index contributed by atoms with van der Waals surface area (Å²) in [5, 5.41) is 14.0. The predicted octanol–water partition coefficient (Wildman–Crippen LogP) is 3.62. The maximum absolute atomic E-state index is 12.4. The van der Waals surface area contributed by atoms with E-state index in [1.807, 2.05) is 24.3 Å². The number of imidazole rings is 1. The summed E-state index contributed by atoms with van der Waals surface area (Å²) in [7, 11) is 0. The van der Waals surface area contributed by atoms with E-state index in [2.05, 4.69) is 15.3 Å². The summed E-state index contributed by atoms with van der Waals surface area (Å²) < 4.78 is 0. The van der Waals surface area contributed by atoms with E-state index in [1.54, 1.807) is 6.92 Å². The fourth-order valence-corrected chi connectivity index (χ4v) is 2.53.